The summed E-state index contributed by atoms with van der Waals surface area (Å²) in [5.74, 6) is 0.906. The summed E-state index contributed by atoms with van der Waals surface area (Å²) in [4.78, 5) is 4.43. The number of rotatable bonds is 7. The average Bonchev–Trinajstić information content (AvgIpc) is 2.64. The second-order valence-corrected chi connectivity index (χ2v) is 5.75. The lowest BCUT2D eigenvalue weighted by molar-refractivity contribution is 0.627. The number of aromatic nitrogens is 3. The molecular formula is C19H20FN5. The van der Waals surface area contributed by atoms with E-state index in [0.29, 0.717) is 18.3 Å². The Bertz CT molecular complexity index is 792. The SMILES string of the molecule is CC(Nc1nncc(NCCc2ccc(F)cc2)n1)c1ccccc1. The van der Waals surface area contributed by atoms with Gasteiger partial charge >= 0.3 is 0 Å². The van der Waals surface area contributed by atoms with Gasteiger partial charge in [-0.25, -0.2) is 4.39 Å². The van der Waals surface area contributed by atoms with Gasteiger partial charge in [-0.1, -0.05) is 42.5 Å². The van der Waals surface area contributed by atoms with Crippen LogP contribution < -0.4 is 10.6 Å². The quantitative estimate of drug-likeness (QED) is 0.686. The van der Waals surface area contributed by atoms with Crippen molar-refractivity contribution in [2.45, 2.75) is 19.4 Å². The molecule has 1 heterocycles. The van der Waals surface area contributed by atoms with E-state index in [2.05, 4.69) is 37.9 Å². The lowest BCUT2D eigenvalue weighted by Gasteiger charge is -2.14. The van der Waals surface area contributed by atoms with Gasteiger partial charge in [0.25, 0.3) is 0 Å². The van der Waals surface area contributed by atoms with E-state index in [1.165, 1.54) is 12.1 Å². The first-order valence-corrected chi connectivity index (χ1v) is 8.20. The van der Waals surface area contributed by atoms with Gasteiger partial charge < -0.3 is 10.6 Å². The maximum atomic E-state index is 12.9. The van der Waals surface area contributed by atoms with E-state index in [4.69, 9.17) is 0 Å². The third-order valence-corrected chi connectivity index (χ3v) is 3.84. The van der Waals surface area contributed by atoms with Gasteiger partial charge in [-0.15, -0.1) is 5.10 Å². The van der Waals surface area contributed by atoms with Gasteiger partial charge in [0.2, 0.25) is 5.95 Å². The summed E-state index contributed by atoms with van der Waals surface area (Å²) < 4.78 is 12.9. The molecule has 1 aromatic heterocycles. The van der Waals surface area contributed by atoms with E-state index in [1.807, 2.05) is 25.1 Å². The molecular weight excluding hydrogens is 317 g/mol. The Morgan fingerprint density at radius 2 is 1.80 bits per heavy atom. The number of hydrogen-bond donors (Lipinski definition) is 2. The van der Waals surface area contributed by atoms with Gasteiger partial charge in [0.1, 0.15) is 5.82 Å². The minimum absolute atomic E-state index is 0.0810. The van der Waals surface area contributed by atoms with Crippen molar-refractivity contribution in [3.8, 4) is 0 Å². The van der Waals surface area contributed by atoms with E-state index in [0.717, 1.165) is 17.5 Å². The molecule has 0 saturated carbocycles. The first-order chi connectivity index (χ1) is 12.2. The molecule has 1 atom stereocenters. The second-order valence-electron chi connectivity index (χ2n) is 5.75. The normalized spacial score (nSPS) is 11.8. The van der Waals surface area contributed by atoms with Crippen LogP contribution in [0.15, 0.2) is 60.8 Å². The lowest BCUT2D eigenvalue weighted by Crippen LogP contribution is -2.12. The highest BCUT2D eigenvalue weighted by Gasteiger charge is 2.07. The van der Waals surface area contributed by atoms with Crippen LogP contribution in [-0.4, -0.2) is 21.7 Å². The van der Waals surface area contributed by atoms with Crippen molar-refractivity contribution >= 4 is 11.8 Å². The van der Waals surface area contributed by atoms with Crippen molar-refractivity contribution in [2.24, 2.45) is 0 Å². The van der Waals surface area contributed by atoms with Crippen molar-refractivity contribution in [2.75, 3.05) is 17.2 Å². The number of anilines is 2. The Hall–Kier alpha value is -3.02. The summed E-state index contributed by atoms with van der Waals surface area (Å²) in [7, 11) is 0. The summed E-state index contributed by atoms with van der Waals surface area (Å²) in [6.45, 7) is 2.73. The largest absolute Gasteiger partial charge is 0.368 e. The van der Waals surface area contributed by atoms with Crippen LogP contribution in [-0.2, 0) is 6.42 Å². The Balaban J connectivity index is 1.55. The van der Waals surface area contributed by atoms with E-state index >= 15 is 0 Å². The molecule has 6 heteroatoms. The first kappa shape index (κ1) is 16.8. The molecule has 0 spiro atoms. The van der Waals surface area contributed by atoms with Crippen LogP contribution in [0, 0.1) is 5.82 Å². The number of nitrogens with one attached hydrogen (secondary N) is 2. The number of halogens is 1. The van der Waals surface area contributed by atoms with E-state index in [9.17, 15) is 4.39 Å². The maximum absolute atomic E-state index is 12.9. The molecule has 2 aromatic carbocycles. The van der Waals surface area contributed by atoms with Crippen LogP contribution in [0.4, 0.5) is 16.2 Å². The highest BCUT2D eigenvalue weighted by molar-refractivity contribution is 5.39. The van der Waals surface area contributed by atoms with Crippen molar-refractivity contribution in [1.82, 2.24) is 15.2 Å². The van der Waals surface area contributed by atoms with Gasteiger partial charge in [0, 0.05) is 6.54 Å². The monoisotopic (exact) mass is 337 g/mol. The summed E-state index contributed by atoms with van der Waals surface area (Å²) in [5, 5.41) is 14.5. The number of hydrogen-bond acceptors (Lipinski definition) is 5. The summed E-state index contributed by atoms with van der Waals surface area (Å²) in [6, 6.07) is 16.7. The van der Waals surface area contributed by atoms with Crippen LogP contribution in [0.2, 0.25) is 0 Å². The second kappa shape index (κ2) is 8.19. The molecule has 5 nitrogen and oxygen atoms in total. The van der Waals surface area contributed by atoms with Gasteiger partial charge in [0.05, 0.1) is 12.2 Å². The first-order valence-electron chi connectivity index (χ1n) is 8.20. The molecule has 0 amide bonds. The summed E-state index contributed by atoms with van der Waals surface area (Å²) in [6.07, 6.45) is 2.36. The summed E-state index contributed by atoms with van der Waals surface area (Å²) in [5.41, 5.74) is 2.22. The van der Waals surface area contributed by atoms with E-state index in [-0.39, 0.29) is 11.9 Å². The zero-order valence-electron chi connectivity index (χ0n) is 14.0. The molecule has 3 aromatic rings. The Morgan fingerprint density at radius 1 is 1.04 bits per heavy atom. The van der Waals surface area contributed by atoms with Gasteiger partial charge in [-0.3, -0.25) is 0 Å². The predicted octanol–water partition coefficient (Wildman–Crippen LogP) is 3.84. The van der Waals surface area contributed by atoms with Crippen molar-refractivity contribution < 1.29 is 4.39 Å². The van der Waals surface area contributed by atoms with E-state index in [1.54, 1.807) is 18.3 Å². The van der Waals surface area contributed by atoms with Gasteiger partial charge in [0.15, 0.2) is 5.82 Å². The lowest BCUT2D eigenvalue weighted by atomic mass is 10.1. The molecule has 0 saturated heterocycles. The van der Waals surface area contributed by atoms with Gasteiger partial charge in [-0.2, -0.15) is 10.1 Å². The average molecular weight is 337 g/mol. The Kier molecular flexibility index (Phi) is 5.51. The van der Waals surface area contributed by atoms with Crippen LogP contribution in [0.1, 0.15) is 24.1 Å². The number of benzene rings is 2. The predicted molar refractivity (Wildman–Crippen MR) is 96.9 cm³/mol. The molecule has 0 fully saturated rings. The standard InChI is InChI=1S/C19H20FN5/c1-14(16-5-3-2-4-6-16)23-19-24-18(13-22-25-19)21-12-11-15-7-9-17(20)10-8-15/h2-10,13-14H,11-12H2,1H3,(H2,21,23,24,25). The number of nitrogens with zero attached hydrogens (tertiary/aromatic N) is 3. The van der Waals surface area contributed by atoms with Crippen molar-refractivity contribution in [1.29, 1.82) is 0 Å². The molecule has 2 N–H and O–H groups in total. The maximum Gasteiger partial charge on any atom is 0.245 e. The molecule has 25 heavy (non-hydrogen) atoms. The van der Waals surface area contributed by atoms with Crippen LogP contribution in [0.25, 0.3) is 0 Å². The Morgan fingerprint density at radius 3 is 2.56 bits per heavy atom. The zero-order valence-corrected chi connectivity index (χ0v) is 14.0. The molecule has 128 valence electrons. The Labute approximate surface area is 146 Å². The highest BCUT2D eigenvalue weighted by Crippen LogP contribution is 2.16. The molecule has 0 bridgehead atoms. The van der Waals surface area contributed by atoms with Gasteiger partial charge in [-0.05, 0) is 36.6 Å². The fraction of sp³-hybridized carbons (Fsp3) is 0.211. The van der Waals surface area contributed by atoms with Crippen LogP contribution >= 0.6 is 0 Å². The smallest absolute Gasteiger partial charge is 0.245 e. The van der Waals surface area contributed by atoms with E-state index < -0.39 is 0 Å². The molecule has 0 aliphatic carbocycles. The van der Waals surface area contributed by atoms with Crippen LogP contribution in [0.3, 0.4) is 0 Å². The topological polar surface area (TPSA) is 62.7 Å². The third kappa shape index (κ3) is 4.97. The molecule has 3 rings (SSSR count). The van der Waals surface area contributed by atoms with Crippen molar-refractivity contribution in [3.05, 3.63) is 77.7 Å². The molecule has 1 unspecified atom stereocenters. The molecule has 0 aliphatic heterocycles. The molecule has 0 aliphatic rings. The summed E-state index contributed by atoms with van der Waals surface area (Å²) >= 11 is 0. The fourth-order valence-corrected chi connectivity index (χ4v) is 2.45. The minimum Gasteiger partial charge on any atom is -0.368 e. The van der Waals surface area contributed by atoms with Crippen molar-refractivity contribution in [3.63, 3.8) is 0 Å². The minimum atomic E-state index is -0.222. The zero-order chi connectivity index (χ0) is 17.5. The molecule has 0 radical (unpaired) electrons. The van der Waals surface area contributed by atoms with Crippen LogP contribution in [0.5, 0.6) is 0 Å². The third-order valence-electron chi connectivity index (χ3n) is 3.84. The highest BCUT2D eigenvalue weighted by atomic mass is 19.1. The fourth-order valence-electron chi connectivity index (χ4n) is 2.45.